The summed E-state index contributed by atoms with van der Waals surface area (Å²) in [5.74, 6) is -6.61. The molecule has 0 aliphatic rings. The van der Waals surface area contributed by atoms with Crippen molar-refractivity contribution in [2.45, 2.75) is 64.6 Å². The third-order valence-electron chi connectivity index (χ3n) is 3.67. The van der Waals surface area contributed by atoms with E-state index in [9.17, 15) is 33.9 Å². The number of carbonyl (C=O) groups excluding carboxylic acids is 3. The van der Waals surface area contributed by atoms with Gasteiger partial charge in [-0.15, -0.1) is 0 Å². The van der Waals surface area contributed by atoms with Gasteiger partial charge in [-0.3, -0.25) is 24.0 Å². The van der Waals surface area contributed by atoms with Gasteiger partial charge in [0, 0.05) is 13.3 Å². The molecule has 0 rings (SSSR count). The summed E-state index contributed by atoms with van der Waals surface area (Å²) in [6.45, 7) is 4.56. The van der Waals surface area contributed by atoms with Gasteiger partial charge in [-0.2, -0.15) is 0 Å². The first kappa shape index (κ1) is 25.8. The Balaban J connectivity index is 5.40. The Bertz CT molecular complexity index is 632. The van der Waals surface area contributed by atoms with Crippen LogP contribution in [0.3, 0.4) is 0 Å². The van der Waals surface area contributed by atoms with E-state index in [4.69, 9.17) is 10.2 Å². The molecule has 0 aromatic carbocycles. The third kappa shape index (κ3) is 11.3. The minimum absolute atomic E-state index is 0.0665. The second kappa shape index (κ2) is 12.3. The molecule has 0 fully saturated rings. The molecule has 0 aromatic rings. The lowest BCUT2D eigenvalue weighted by Crippen LogP contribution is -2.56. The average Bonchev–Trinajstić information content (AvgIpc) is 2.55. The maximum absolute atomic E-state index is 12.5. The van der Waals surface area contributed by atoms with Gasteiger partial charge < -0.3 is 31.3 Å². The fourth-order valence-electron chi connectivity index (χ4n) is 2.40. The zero-order valence-corrected chi connectivity index (χ0v) is 16.4. The summed E-state index contributed by atoms with van der Waals surface area (Å²) in [5.41, 5.74) is 0. The van der Waals surface area contributed by atoms with Crippen molar-refractivity contribution < 1.29 is 44.1 Å². The lowest BCUT2D eigenvalue weighted by Gasteiger charge is -2.24. The average molecular weight is 417 g/mol. The summed E-state index contributed by atoms with van der Waals surface area (Å²) in [4.78, 5) is 69.1. The molecule has 12 heteroatoms. The number of aliphatic carboxylic acids is 3. The normalized spacial score (nSPS) is 13.7. The zero-order chi connectivity index (χ0) is 22.7. The number of amides is 3. The molecule has 0 aliphatic carbocycles. The third-order valence-corrected chi connectivity index (χ3v) is 3.67. The van der Waals surface area contributed by atoms with Crippen LogP contribution >= 0.6 is 0 Å². The van der Waals surface area contributed by atoms with E-state index in [0.717, 1.165) is 6.92 Å². The van der Waals surface area contributed by atoms with Crippen molar-refractivity contribution in [3.8, 4) is 0 Å². The molecule has 0 saturated carbocycles. The molecule has 0 unspecified atom stereocenters. The van der Waals surface area contributed by atoms with Gasteiger partial charge in [0.25, 0.3) is 0 Å². The Morgan fingerprint density at radius 1 is 0.759 bits per heavy atom. The van der Waals surface area contributed by atoms with E-state index in [1.54, 1.807) is 13.8 Å². The topological polar surface area (TPSA) is 199 Å². The Kier molecular flexibility index (Phi) is 11.0. The van der Waals surface area contributed by atoms with E-state index in [2.05, 4.69) is 16.0 Å². The van der Waals surface area contributed by atoms with Crippen LogP contribution in [-0.2, 0) is 28.8 Å². The van der Waals surface area contributed by atoms with E-state index < -0.39 is 66.6 Å². The highest BCUT2D eigenvalue weighted by Crippen LogP contribution is 2.07. The van der Waals surface area contributed by atoms with Crippen molar-refractivity contribution in [2.75, 3.05) is 0 Å². The van der Waals surface area contributed by atoms with Gasteiger partial charge >= 0.3 is 17.9 Å². The van der Waals surface area contributed by atoms with Gasteiger partial charge in [-0.1, -0.05) is 13.8 Å². The van der Waals surface area contributed by atoms with Crippen molar-refractivity contribution in [1.29, 1.82) is 0 Å². The number of carboxylic acid groups (broad SMARTS) is 3. The van der Waals surface area contributed by atoms with Crippen molar-refractivity contribution >= 4 is 35.6 Å². The molecule has 0 aliphatic heterocycles. The molecule has 0 bridgehead atoms. The van der Waals surface area contributed by atoms with Crippen molar-refractivity contribution in [2.24, 2.45) is 5.92 Å². The fraction of sp³-hybridized carbons (Fsp3) is 0.647. The Labute approximate surface area is 167 Å². The van der Waals surface area contributed by atoms with Crippen LogP contribution in [0.25, 0.3) is 0 Å². The monoisotopic (exact) mass is 417 g/mol. The number of nitrogens with one attached hydrogen (secondary N) is 3. The van der Waals surface area contributed by atoms with Crippen LogP contribution in [0.2, 0.25) is 0 Å². The van der Waals surface area contributed by atoms with Gasteiger partial charge in [-0.05, 0) is 18.8 Å². The molecule has 0 aromatic heterocycles. The highest BCUT2D eigenvalue weighted by molar-refractivity contribution is 5.94. The first-order valence-corrected chi connectivity index (χ1v) is 8.87. The summed E-state index contributed by atoms with van der Waals surface area (Å²) in [6, 6.07) is -4.18. The molecule has 0 heterocycles. The number of hydrogen-bond acceptors (Lipinski definition) is 6. The molecule has 6 N–H and O–H groups in total. The fourth-order valence-corrected chi connectivity index (χ4v) is 2.40. The van der Waals surface area contributed by atoms with Crippen LogP contribution in [0.1, 0.15) is 46.5 Å². The van der Waals surface area contributed by atoms with Gasteiger partial charge in [0.2, 0.25) is 17.7 Å². The highest BCUT2D eigenvalue weighted by Gasteiger charge is 2.30. The lowest BCUT2D eigenvalue weighted by atomic mass is 10.0. The van der Waals surface area contributed by atoms with E-state index >= 15 is 0 Å². The SMILES string of the molecule is CC(=O)N[C@@H](CC(=O)O)C(=O)N[C@@H](CCC(=O)O)C(=O)N[C@@H](CC(C)C)C(=O)O. The Hall–Kier alpha value is -3.18. The molecule has 3 amide bonds. The first-order chi connectivity index (χ1) is 13.3. The quantitative estimate of drug-likeness (QED) is 0.216. The summed E-state index contributed by atoms with van der Waals surface area (Å²) in [6.07, 6.45) is -1.53. The van der Waals surface area contributed by atoms with E-state index in [1.165, 1.54) is 0 Å². The van der Waals surface area contributed by atoms with E-state index in [1.807, 2.05) is 0 Å². The lowest BCUT2D eigenvalue weighted by molar-refractivity contribution is -0.144. The first-order valence-electron chi connectivity index (χ1n) is 8.87. The van der Waals surface area contributed by atoms with Crippen molar-refractivity contribution in [3.63, 3.8) is 0 Å². The molecule has 164 valence electrons. The van der Waals surface area contributed by atoms with Gasteiger partial charge in [0.15, 0.2) is 0 Å². The molecular formula is C17H27N3O9. The molecule has 0 spiro atoms. The molecule has 3 atom stereocenters. The number of carbonyl (C=O) groups is 6. The van der Waals surface area contributed by atoms with E-state index in [0.29, 0.717) is 0 Å². The Morgan fingerprint density at radius 3 is 1.69 bits per heavy atom. The van der Waals surface area contributed by atoms with Gasteiger partial charge in [-0.25, -0.2) is 4.79 Å². The Morgan fingerprint density at radius 2 is 1.28 bits per heavy atom. The summed E-state index contributed by atoms with van der Waals surface area (Å²) in [5, 5.41) is 33.5. The molecule has 0 saturated heterocycles. The maximum Gasteiger partial charge on any atom is 0.326 e. The van der Waals surface area contributed by atoms with Crippen molar-refractivity contribution in [3.05, 3.63) is 0 Å². The molecule has 0 radical (unpaired) electrons. The molecule has 29 heavy (non-hydrogen) atoms. The van der Waals surface area contributed by atoms with E-state index in [-0.39, 0.29) is 18.8 Å². The smallest absolute Gasteiger partial charge is 0.326 e. The summed E-state index contributed by atoms with van der Waals surface area (Å²) < 4.78 is 0. The predicted molar refractivity (Wildman–Crippen MR) is 97.7 cm³/mol. The van der Waals surface area contributed by atoms with Crippen LogP contribution in [-0.4, -0.2) is 69.1 Å². The van der Waals surface area contributed by atoms with Crippen LogP contribution in [0.15, 0.2) is 0 Å². The number of hydrogen-bond donors (Lipinski definition) is 6. The minimum atomic E-state index is -1.49. The van der Waals surface area contributed by atoms with Crippen LogP contribution in [0, 0.1) is 5.92 Å². The zero-order valence-electron chi connectivity index (χ0n) is 16.4. The van der Waals surface area contributed by atoms with Crippen LogP contribution in [0.4, 0.5) is 0 Å². The number of rotatable bonds is 13. The standard InChI is InChI=1S/C17H27N3O9/c1-8(2)6-12(17(28)29)20-15(26)10(4-5-13(22)23)19-16(27)11(7-14(24)25)18-9(3)21/h8,10-12H,4-7H2,1-3H3,(H,18,21)(H,19,27)(H,20,26)(H,22,23)(H,24,25)(H,28,29)/t10-,11-,12-/m0/s1. The summed E-state index contributed by atoms with van der Waals surface area (Å²) in [7, 11) is 0. The van der Waals surface area contributed by atoms with Crippen LogP contribution in [0.5, 0.6) is 0 Å². The van der Waals surface area contributed by atoms with Crippen LogP contribution < -0.4 is 16.0 Å². The minimum Gasteiger partial charge on any atom is -0.481 e. The van der Waals surface area contributed by atoms with Gasteiger partial charge in [0.05, 0.1) is 6.42 Å². The van der Waals surface area contributed by atoms with Gasteiger partial charge in [0.1, 0.15) is 18.1 Å². The molecule has 12 nitrogen and oxygen atoms in total. The number of carboxylic acids is 3. The van der Waals surface area contributed by atoms with Crippen molar-refractivity contribution in [1.82, 2.24) is 16.0 Å². The molecular weight excluding hydrogens is 390 g/mol. The maximum atomic E-state index is 12.5. The predicted octanol–water partition coefficient (Wildman–Crippen LogP) is -1.07. The largest absolute Gasteiger partial charge is 0.481 e. The highest BCUT2D eigenvalue weighted by atomic mass is 16.4. The second-order valence-corrected chi connectivity index (χ2v) is 6.87. The second-order valence-electron chi connectivity index (χ2n) is 6.87. The summed E-state index contributed by atoms with van der Waals surface area (Å²) >= 11 is 0.